The van der Waals surface area contributed by atoms with Crippen LogP contribution in [0.15, 0.2) is 10.2 Å². The highest BCUT2D eigenvalue weighted by atomic mass is 19.3. The fourth-order valence-corrected chi connectivity index (χ4v) is 0.0756. The van der Waals surface area contributed by atoms with Crippen LogP contribution in [0.2, 0.25) is 0 Å². The van der Waals surface area contributed by atoms with Gasteiger partial charge in [0.05, 0.1) is 0 Å². The molecule has 0 aliphatic heterocycles. The number of halogens is 4. The third-order valence-corrected chi connectivity index (χ3v) is 0.201. The summed E-state index contributed by atoms with van der Waals surface area (Å²) in [4.78, 5) is 0. The molecule has 0 atom stereocenters. The number of nitrogens with zero attached hydrogens (tertiary/aromatic N) is 2. The molecule has 0 aromatic heterocycles. The van der Waals surface area contributed by atoms with Gasteiger partial charge in [-0.05, 0) is 0 Å². The lowest BCUT2D eigenvalue weighted by molar-refractivity contribution is 0.586. The molecule has 0 saturated carbocycles. The molecule has 0 saturated heterocycles. The van der Waals surface area contributed by atoms with Crippen molar-refractivity contribution in [1.29, 1.82) is 0 Å². The standard InChI is InChI=1S/C2F4N2/c3-1(4)7-8-2(5)6. The van der Waals surface area contributed by atoms with Gasteiger partial charge in [0.25, 0.3) is 0 Å². The van der Waals surface area contributed by atoms with Gasteiger partial charge in [0.2, 0.25) is 0 Å². The van der Waals surface area contributed by atoms with Gasteiger partial charge in [-0.25, -0.2) is 0 Å². The molecule has 0 N–H and O–H groups in total. The third kappa shape index (κ3) is 5.06. The summed E-state index contributed by atoms with van der Waals surface area (Å²) in [6, 6.07) is 0. The average molecular weight is 128 g/mol. The molecule has 8 heavy (non-hydrogen) atoms. The number of hydrogen-bond acceptors (Lipinski definition) is 2. The molecule has 6 heteroatoms. The Morgan fingerprint density at radius 1 is 0.750 bits per heavy atom. The molecule has 0 aliphatic carbocycles. The summed E-state index contributed by atoms with van der Waals surface area (Å²) < 4.78 is 42.8. The fraction of sp³-hybridized carbons (Fsp3) is 0. The minimum Gasteiger partial charge on any atom is -0.149 e. The molecule has 46 valence electrons. The molecule has 0 radical (unpaired) electrons. The summed E-state index contributed by atoms with van der Waals surface area (Å²) in [6.07, 6.45) is -4.98. The lowest BCUT2D eigenvalue weighted by atomic mass is 11.4. The smallest absolute Gasteiger partial charge is 0.149 e. The van der Waals surface area contributed by atoms with Crippen molar-refractivity contribution in [3.63, 3.8) is 0 Å². The second kappa shape index (κ2) is 3.11. The molecular weight excluding hydrogens is 128 g/mol. The molecule has 0 aliphatic rings. The van der Waals surface area contributed by atoms with Crippen molar-refractivity contribution in [2.45, 2.75) is 0 Å². The van der Waals surface area contributed by atoms with Crippen LogP contribution < -0.4 is 0 Å². The molecule has 0 unspecified atom stereocenters. The molecule has 0 bridgehead atoms. The predicted molar refractivity (Wildman–Crippen MR) is 19.3 cm³/mol. The highest BCUT2D eigenvalue weighted by Gasteiger charge is 1.89. The molecular formula is C2F4N2. The van der Waals surface area contributed by atoms with E-state index in [4.69, 9.17) is 0 Å². The first-order valence-electron chi connectivity index (χ1n) is 1.40. The summed E-state index contributed by atoms with van der Waals surface area (Å²) in [6.45, 7) is 0. The van der Waals surface area contributed by atoms with Crippen LogP contribution in [-0.2, 0) is 0 Å². The van der Waals surface area contributed by atoms with Gasteiger partial charge in [-0.15, -0.1) is 17.6 Å². The zero-order valence-corrected chi connectivity index (χ0v) is 3.41. The van der Waals surface area contributed by atoms with Gasteiger partial charge in [0, 0.05) is 0 Å². The summed E-state index contributed by atoms with van der Waals surface area (Å²) in [7, 11) is 0. The van der Waals surface area contributed by atoms with Crippen molar-refractivity contribution in [3.8, 4) is 0 Å². The van der Waals surface area contributed by atoms with Crippen LogP contribution in [0.1, 0.15) is 0 Å². The first kappa shape index (κ1) is 7.06. The first-order chi connectivity index (χ1) is 3.63. The largest absolute Gasteiger partial charge is 0.383 e. The Morgan fingerprint density at radius 3 is 1.12 bits per heavy atom. The zero-order valence-electron chi connectivity index (χ0n) is 3.41. The highest BCUT2D eigenvalue weighted by Crippen LogP contribution is 1.86. The molecule has 2 nitrogen and oxygen atoms in total. The van der Waals surface area contributed by atoms with E-state index in [1.165, 1.54) is 0 Å². The van der Waals surface area contributed by atoms with Crippen LogP contribution in [0.3, 0.4) is 0 Å². The Kier molecular flexibility index (Phi) is 2.75. The van der Waals surface area contributed by atoms with E-state index >= 15 is 0 Å². The van der Waals surface area contributed by atoms with Gasteiger partial charge >= 0.3 is 12.4 Å². The van der Waals surface area contributed by atoms with Gasteiger partial charge in [-0.1, -0.05) is 10.2 Å². The molecule has 0 heterocycles. The Labute approximate surface area is 41.5 Å². The van der Waals surface area contributed by atoms with Crippen LogP contribution in [0.4, 0.5) is 17.6 Å². The Morgan fingerprint density at radius 2 is 1.00 bits per heavy atom. The lowest BCUT2D eigenvalue weighted by Gasteiger charge is -1.71. The summed E-state index contributed by atoms with van der Waals surface area (Å²) in [5.41, 5.74) is 0. The minimum atomic E-state index is -2.49. The van der Waals surface area contributed by atoms with E-state index in [9.17, 15) is 17.6 Å². The molecule has 0 aromatic carbocycles. The van der Waals surface area contributed by atoms with Crippen LogP contribution in [0.25, 0.3) is 0 Å². The SMILES string of the molecule is FC(F)=NN=C(F)F. The van der Waals surface area contributed by atoms with Gasteiger partial charge in [-0.2, -0.15) is 0 Å². The lowest BCUT2D eigenvalue weighted by Crippen LogP contribution is -1.74. The number of hydrogen-bond donors (Lipinski definition) is 0. The van der Waals surface area contributed by atoms with Crippen molar-refractivity contribution < 1.29 is 17.6 Å². The quantitative estimate of drug-likeness (QED) is 0.290. The summed E-state index contributed by atoms with van der Waals surface area (Å²) in [5, 5.41) is 3.49. The van der Waals surface area contributed by atoms with Crippen LogP contribution >= 0.6 is 0 Å². The topological polar surface area (TPSA) is 24.7 Å². The average Bonchev–Trinajstić information content (AvgIpc) is 1.61. The second-order valence-corrected chi connectivity index (χ2v) is 0.681. The van der Waals surface area contributed by atoms with Gasteiger partial charge < -0.3 is 0 Å². The molecule has 0 fully saturated rings. The maximum atomic E-state index is 10.7. The normalized spacial score (nSPS) is 8.00. The van der Waals surface area contributed by atoms with E-state index in [0.717, 1.165) is 0 Å². The minimum absolute atomic E-state index is 1.75. The fourth-order valence-electron chi connectivity index (χ4n) is 0.0756. The van der Waals surface area contributed by atoms with E-state index in [-0.39, 0.29) is 0 Å². The maximum Gasteiger partial charge on any atom is 0.383 e. The van der Waals surface area contributed by atoms with Crippen molar-refractivity contribution in [2.75, 3.05) is 0 Å². The van der Waals surface area contributed by atoms with Crippen molar-refractivity contribution >= 4 is 12.4 Å². The van der Waals surface area contributed by atoms with Gasteiger partial charge in [-0.3, -0.25) is 0 Å². The van der Waals surface area contributed by atoms with E-state index in [2.05, 4.69) is 0 Å². The molecule has 0 spiro atoms. The van der Waals surface area contributed by atoms with Crippen LogP contribution in [-0.4, -0.2) is 12.4 Å². The van der Waals surface area contributed by atoms with Crippen molar-refractivity contribution in [3.05, 3.63) is 0 Å². The summed E-state index contributed by atoms with van der Waals surface area (Å²) in [5.74, 6) is 0. The maximum absolute atomic E-state index is 10.7. The Bertz CT molecular complexity index is 104. The zero-order chi connectivity index (χ0) is 6.57. The number of rotatable bonds is 1. The second-order valence-electron chi connectivity index (χ2n) is 0.681. The van der Waals surface area contributed by atoms with Crippen LogP contribution in [0.5, 0.6) is 0 Å². The summed E-state index contributed by atoms with van der Waals surface area (Å²) >= 11 is 0. The van der Waals surface area contributed by atoms with Crippen molar-refractivity contribution in [2.24, 2.45) is 10.2 Å². The Balaban J connectivity index is 3.76. The molecule has 0 aromatic rings. The molecule has 0 amide bonds. The highest BCUT2D eigenvalue weighted by molar-refractivity contribution is 5.67. The van der Waals surface area contributed by atoms with Crippen LogP contribution in [0, 0.1) is 0 Å². The third-order valence-electron chi connectivity index (χ3n) is 0.201. The monoisotopic (exact) mass is 128 g/mol. The first-order valence-corrected chi connectivity index (χ1v) is 1.40. The van der Waals surface area contributed by atoms with Gasteiger partial charge in [0.15, 0.2) is 0 Å². The van der Waals surface area contributed by atoms with E-state index in [1.54, 1.807) is 10.2 Å². The van der Waals surface area contributed by atoms with E-state index in [0.29, 0.717) is 0 Å². The van der Waals surface area contributed by atoms with Crippen molar-refractivity contribution in [1.82, 2.24) is 0 Å². The van der Waals surface area contributed by atoms with E-state index in [1.807, 2.05) is 0 Å². The Hall–Kier alpha value is -0.940. The molecule has 0 rings (SSSR count). The van der Waals surface area contributed by atoms with E-state index < -0.39 is 12.4 Å². The van der Waals surface area contributed by atoms with Gasteiger partial charge in [0.1, 0.15) is 0 Å². The predicted octanol–water partition coefficient (Wildman–Crippen LogP) is 1.49.